The number of aliphatic hydroxyl groups is 1. The fourth-order valence-corrected chi connectivity index (χ4v) is 2.51. The van der Waals surface area contributed by atoms with E-state index in [2.05, 4.69) is 16.3 Å². The topological polar surface area (TPSA) is 55.8 Å². The van der Waals surface area contributed by atoms with Gasteiger partial charge in [0.05, 0.1) is 12.6 Å². The number of aliphatic hydroxyl groups excluding tert-OH is 1. The third-order valence-electron chi connectivity index (χ3n) is 2.72. The van der Waals surface area contributed by atoms with Crippen molar-refractivity contribution in [1.82, 2.24) is 15.1 Å². The molecule has 1 aromatic rings. The van der Waals surface area contributed by atoms with Crippen molar-refractivity contribution < 1.29 is 9.90 Å². The van der Waals surface area contributed by atoms with Crippen LogP contribution in [0, 0.1) is 0 Å². The van der Waals surface area contributed by atoms with Crippen molar-refractivity contribution in [3.05, 3.63) is 22.4 Å². The van der Waals surface area contributed by atoms with E-state index in [-0.39, 0.29) is 18.7 Å². The van der Waals surface area contributed by atoms with Crippen molar-refractivity contribution in [2.24, 2.45) is 0 Å². The van der Waals surface area contributed by atoms with Gasteiger partial charge in [0.2, 0.25) is 0 Å². The van der Waals surface area contributed by atoms with Gasteiger partial charge in [-0.15, -0.1) is 11.3 Å². The molecule has 2 amide bonds. The van der Waals surface area contributed by atoms with E-state index in [0.29, 0.717) is 13.1 Å². The Bertz CT molecular complexity index is 354. The molecule has 0 radical (unpaired) electrons. The van der Waals surface area contributed by atoms with Crippen LogP contribution in [0.15, 0.2) is 17.5 Å². The van der Waals surface area contributed by atoms with Crippen LogP contribution in [-0.2, 0) is 0 Å². The summed E-state index contributed by atoms with van der Waals surface area (Å²) in [5, 5.41) is 13.7. The highest BCUT2D eigenvalue weighted by molar-refractivity contribution is 7.10. The third kappa shape index (κ3) is 4.29. The summed E-state index contributed by atoms with van der Waals surface area (Å²) in [6.45, 7) is 0.880. The molecule has 0 spiro atoms. The number of hydrogen-bond donors (Lipinski definition) is 2. The lowest BCUT2D eigenvalue weighted by atomic mass is 10.2. The van der Waals surface area contributed by atoms with E-state index < -0.39 is 0 Å². The monoisotopic (exact) mass is 271 g/mol. The van der Waals surface area contributed by atoms with Gasteiger partial charge >= 0.3 is 6.03 Å². The summed E-state index contributed by atoms with van der Waals surface area (Å²) in [6, 6.07) is 4.10. The Hall–Kier alpha value is -1.11. The fourth-order valence-electron chi connectivity index (χ4n) is 1.59. The Morgan fingerprint density at radius 3 is 2.72 bits per heavy atom. The van der Waals surface area contributed by atoms with Crippen LogP contribution in [0.3, 0.4) is 0 Å². The van der Waals surface area contributed by atoms with Gasteiger partial charge in [-0.1, -0.05) is 6.07 Å². The molecular formula is C12H21N3O2S. The summed E-state index contributed by atoms with van der Waals surface area (Å²) in [4.78, 5) is 16.5. The van der Waals surface area contributed by atoms with Crippen LogP contribution in [-0.4, -0.2) is 61.8 Å². The maximum absolute atomic E-state index is 11.7. The maximum atomic E-state index is 11.7. The van der Waals surface area contributed by atoms with Gasteiger partial charge in [0.25, 0.3) is 0 Å². The second kappa shape index (κ2) is 7.35. The highest BCUT2D eigenvalue weighted by Crippen LogP contribution is 2.22. The highest BCUT2D eigenvalue weighted by atomic mass is 32.1. The SMILES string of the molecule is CN(CCO)C(=O)NCC(c1cccs1)N(C)C. The fraction of sp³-hybridized carbons (Fsp3) is 0.583. The van der Waals surface area contributed by atoms with Crippen molar-refractivity contribution in [1.29, 1.82) is 0 Å². The van der Waals surface area contributed by atoms with Gasteiger partial charge in [0, 0.05) is 25.0 Å². The van der Waals surface area contributed by atoms with E-state index in [9.17, 15) is 4.79 Å². The third-order valence-corrected chi connectivity index (χ3v) is 3.70. The van der Waals surface area contributed by atoms with Crippen LogP contribution in [0.25, 0.3) is 0 Å². The first-order valence-electron chi connectivity index (χ1n) is 5.86. The number of carbonyl (C=O) groups excluding carboxylic acids is 1. The predicted molar refractivity (Wildman–Crippen MR) is 73.9 cm³/mol. The van der Waals surface area contributed by atoms with Crippen molar-refractivity contribution in [3.63, 3.8) is 0 Å². The molecule has 6 heteroatoms. The molecule has 0 bridgehead atoms. The Balaban J connectivity index is 2.51. The van der Waals surface area contributed by atoms with Gasteiger partial charge in [-0.3, -0.25) is 0 Å². The Morgan fingerprint density at radius 2 is 2.22 bits per heavy atom. The van der Waals surface area contributed by atoms with Gasteiger partial charge in [0.15, 0.2) is 0 Å². The minimum atomic E-state index is -0.160. The minimum Gasteiger partial charge on any atom is -0.395 e. The van der Waals surface area contributed by atoms with Crippen molar-refractivity contribution in [3.8, 4) is 0 Å². The van der Waals surface area contributed by atoms with Crippen molar-refractivity contribution in [2.75, 3.05) is 40.8 Å². The van der Waals surface area contributed by atoms with Gasteiger partial charge in [-0.2, -0.15) is 0 Å². The molecule has 0 aliphatic rings. The van der Waals surface area contributed by atoms with Gasteiger partial charge < -0.3 is 20.2 Å². The molecule has 0 saturated carbocycles. The summed E-state index contributed by atoms with van der Waals surface area (Å²) in [5.74, 6) is 0. The molecule has 1 rings (SSSR count). The van der Waals surface area contributed by atoms with E-state index in [0.717, 1.165) is 0 Å². The van der Waals surface area contributed by atoms with Gasteiger partial charge in [-0.05, 0) is 25.5 Å². The van der Waals surface area contributed by atoms with E-state index >= 15 is 0 Å². The molecule has 0 aromatic carbocycles. The zero-order chi connectivity index (χ0) is 13.5. The molecule has 1 atom stereocenters. The largest absolute Gasteiger partial charge is 0.395 e. The number of amides is 2. The zero-order valence-corrected chi connectivity index (χ0v) is 11.9. The number of thiophene rings is 1. The number of rotatable bonds is 6. The lowest BCUT2D eigenvalue weighted by Crippen LogP contribution is -2.42. The molecule has 0 aliphatic carbocycles. The molecule has 102 valence electrons. The van der Waals surface area contributed by atoms with Crippen LogP contribution in [0.1, 0.15) is 10.9 Å². The van der Waals surface area contributed by atoms with E-state index in [1.807, 2.05) is 25.5 Å². The number of urea groups is 1. The molecule has 0 fully saturated rings. The number of likely N-dealkylation sites (N-methyl/N-ethyl adjacent to an activating group) is 2. The summed E-state index contributed by atoms with van der Waals surface area (Å²) < 4.78 is 0. The van der Waals surface area contributed by atoms with E-state index in [1.54, 1.807) is 18.4 Å². The summed E-state index contributed by atoms with van der Waals surface area (Å²) in [5.41, 5.74) is 0. The number of nitrogens with zero attached hydrogens (tertiary/aromatic N) is 2. The summed E-state index contributed by atoms with van der Waals surface area (Å²) in [6.07, 6.45) is 0. The smallest absolute Gasteiger partial charge is 0.317 e. The lowest BCUT2D eigenvalue weighted by Gasteiger charge is -2.25. The van der Waals surface area contributed by atoms with Crippen molar-refractivity contribution >= 4 is 17.4 Å². The van der Waals surface area contributed by atoms with Gasteiger partial charge in [-0.25, -0.2) is 4.79 Å². The van der Waals surface area contributed by atoms with Crippen LogP contribution in [0.2, 0.25) is 0 Å². The standard InChI is InChI=1S/C12H21N3O2S/c1-14(2)10(11-5-4-8-18-11)9-13-12(17)15(3)6-7-16/h4-5,8,10,16H,6-7,9H2,1-3H3,(H,13,17). The highest BCUT2D eigenvalue weighted by Gasteiger charge is 2.17. The van der Waals surface area contributed by atoms with E-state index in [4.69, 9.17) is 5.11 Å². The first-order chi connectivity index (χ1) is 8.56. The average Bonchev–Trinajstić information content (AvgIpc) is 2.82. The lowest BCUT2D eigenvalue weighted by molar-refractivity contribution is 0.186. The van der Waals surface area contributed by atoms with Gasteiger partial charge in [0.1, 0.15) is 0 Å². The predicted octanol–water partition coefficient (Wildman–Crippen LogP) is 0.984. The zero-order valence-electron chi connectivity index (χ0n) is 11.1. The molecule has 18 heavy (non-hydrogen) atoms. The van der Waals surface area contributed by atoms with Crippen LogP contribution in [0.4, 0.5) is 4.79 Å². The first kappa shape index (κ1) is 14.9. The molecule has 1 heterocycles. The van der Waals surface area contributed by atoms with Crippen molar-refractivity contribution in [2.45, 2.75) is 6.04 Å². The molecule has 2 N–H and O–H groups in total. The molecule has 5 nitrogen and oxygen atoms in total. The van der Waals surface area contributed by atoms with Crippen LogP contribution in [0.5, 0.6) is 0 Å². The average molecular weight is 271 g/mol. The first-order valence-corrected chi connectivity index (χ1v) is 6.74. The second-order valence-electron chi connectivity index (χ2n) is 4.33. The number of carbonyl (C=O) groups is 1. The molecular weight excluding hydrogens is 250 g/mol. The maximum Gasteiger partial charge on any atom is 0.317 e. The second-order valence-corrected chi connectivity index (χ2v) is 5.31. The van der Waals surface area contributed by atoms with Crippen LogP contribution < -0.4 is 5.32 Å². The number of hydrogen-bond acceptors (Lipinski definition) is 4. The Labute approximate surface area is 112 Å². The Kier molecular flexibility index (Phi) is 6.11. The quantitative estimate of drug-likeness (QED) is 0.811. The minimum absolute atomic E-state index is 0.0219. The number of nitrogens with one attached hydrogen (secondary N) is 1. The molecule has 1 unspecified atom stereocenters. The van der Waals surface area contributed by atoms with Crippen LogP contribution >= 0.6 is 11.3 Å². The normalized spacial score (nSPS) is 12.5. The Morgan fingerprint density at radius 1 is 1.50 bits per heavy atom. The molecule has 0 aliphatic heterocycles. The summed E-state index contributed by atoms with van der Waals surface area (Å²) >= 11 is 1.68. The molecule has 0 saturated heterocycles. The summed E-state index contributed by atoms with van der Waals surface area (Å²) in [7, 11) is 5.66. The van der Waals surface area contributed by atoms with E-state index in [1.165, 1.54) is 9.78 Å². The molecule has 1 aromatic heterocycles.